The van der Waals surface area contributed by atoms with Crippen LogP contribution in [0.25, 0.3) is 16.1 Å². The van der Waals surface area contributed by atoms with E-state index in [-0.39, 0.29) is 21.3 Å². The van der Waals surface area contributed by atoms with Gasteiger partial charge in [0, 0.05) is 17.8 Å². The Morgan fingerprint density at radius 2 is 2.17 bits per heavy atom. The van der Waals surface area contributed by atoms with Gasteiger partial charge in [-0.15, -0.1) is 0 Å². The maximum Gasteiger partial charge on any atom is 0.288 e. The first kappa shape index (κ1) is 16.6. The van der Waals surface area contributed by atoms with Crippen LogP contribution in [0.5, 0.6) is 0 Å². The van der Waals surface area contributed by atoms with Gasteiger partial charge in [0.1, 0.15) is 5.02 Å². The molecule has 0 saturated carbocycles. The van der Waals surface area contributed by atoms with Crippen LogP contribution in [-0.4, -0.2) is 19.5 Å². The first-order valence-corrected chi connectivity index (χ1v) is 8.11. The predicted octanol–water partition coefficient (Wildman–Crippen LogP) is 3.76. The Balaban J connectivity index is 2.05. The zero-order chi connectivity index (χ0) is 17.4. The molecule has 0 aliphatic rings. The summed E-state index contributed by atoms with van der Waals surface area (Å²) in [6.45, 7) is 1.71. The lowest BCUT2D eigenvalue weighted by molar-refractivity contribution is -0.384. The fourth-order valence-electron chi connectivity index (χ4n) is 1.98. The minimum absolute atomic E-state index is 0.0412. The molecule has 24 heavy (non-hydrogen) atoms. The third-order valence-corrected chi connectivity index (χ3v) is 4.70. The molecule has 2 aromatic heterocycles. The van der Waals surface area contributed by atoms with Gasteiger partial charge in [0.05, 0.1) is 9.96 Å². The average molecular weight is 383 g/mol. The van der Waals surface area contributed by atoms with E-state index in [0.717, 1.165) is 15.9 Å². The highest BCUT2D eigenvalue weighted by molar-refractivity contribution is 7.18. The molecule has 10 heteroatoms. The number of benzene rings is 1. The van der Waals surface area contributed by atoms with E-state index in [9.17, 15) is 14.9 Å². The van der Waals surface area contributed by atoms with E-state index < -0.39 is 4.92 Å². The van der Waals surface area contributed by atoms with Gasteiger partial charge >= 0.3 is 0 Å². The molecule has 0 fully saturated rings. The molecule has 0 atom stereocenters. The summed E-state index contributed by atoms with van der Waals surface area (Å²) in [4.78, 5) is 26.9. The fourth-order valence-corrected chi connectivity index (χ4v) is 3.31. The molecular weight excluding hydrogens is 375 g/mol. The zero-order valence-electron chi connectivity index (χ0n) is 12.1. The van der Waals surface area contributed by atoms with Crippen molar-refractivity contribution in [3.05, 3.63) is 66.0 Å². The van der Waals surface area contributed by atoms with Crippen molar-refractivity contribution in [3.63, 3.8) is 0 Å². The topological polar surface area (TPSA) is 90.4 Å². The first-order valence-electron chi connectivity index (χ1n) is 6.54. The highest BCUT2D eigenvalue weighted by Crippen LogP contribution is 2.29. The third kappa shape index (κ3) is 3.16. The van der Waals surface area contributed by atoms with E-state index in [1.807, 2.05) is 0 Å². The maximum absolute atomic E-state index is 11.9. The SMILES string of the molecule is Cc1cc(=O)n2nc(/C(Cl)=C/c3ccc(Cl)c([N+](=O)[O-])c3)sc2n1. The summed E-state index contributed by atoms with van der Waals surface area (Å²) >= 11 is 13.2. The quantitative estimate of drug-likeness (QED) is 0.507. The van der Waals surface area contributed by atoms with E-state index >= 15 is 0 Å². The molecule has 0 spiro atoms. The number of hydrogen-bond acceptors (Lipinski definition) is 6. The van der Waals surface area contributed by atoms with Crippen LogP contribution in [0, 0.1) is 17.0 Å². The van der Waals surface area contributed by atoms with Crippen molar-refractivity contribution in [2.24, 2.45) is 0 Å². The molecule has 0 radical (unpaired) electrons. The smallest absolute Gasteiger partial charge is 0.267 e. The molecule has 0 aliphatic heterocycles. The fraction of sp³-hybridized carbons (Fsp3) is 0.0714. The number of rotatable bonds is 3. The molecule has 0 unspecified atom stereocenters. The molecule has 3 rings (SSSR count). The molecule has 0 bridgehead atoms. The molecular formula is C14H8Cl2N4O3S. The summed E-state index contributed by atoms with van der Waals surface area (Å²) in [6, 6.07) is 5.70. The van der Waals surface area contributed by atoms with Crippen LogP contribution in [0.3, 0.4) is 0 Å². The Labute approximate surface area is 148 Å². The Morgan fingerprint density at radius 1 is 1.42 bits per heavy atom. The van der Waals surface area contributed by atoms with Crippen LogP contribution in [0.2, 0.25) is 5.02 Å². The minimum atomic E-state index is -0.572. The standard InChI is InChI=1S/C14H8Cl2N4O3S/c1-7-4-12(21)19-14(17-7)24-13(18-19)10(16)5-8-2-3-9(15)11(6-8)20(22)23/h2-6H,1H3/b10-5-. The number of aryl methyl sites for hydroxylation is 1. The van der Waals surface area contributed by atoms with Gasteiger partial charge in [-0.1, -0.05) is 40.6 Å². The number of fused-ring (bicyclic) bond motifs is 1. The number of nitrogens with zero attached hydrogens (tertiary/aromatic N) is 4. The minimum Gasteiger partial charge on any atom is -0.267 e. The monoisotopic (exact) mass is 382 g/mol. The van der Waals surface area contributed by atoms with Gasteiger partial charge in [-0.25, -0.2) is 4.98 Å². The summed E-state index contributed by atoms with van der Waals surface area (Å²) in [5, 5.41) is 15.7. The normalized spacial score (nSPS) is 11.9. The predicted molar refractivity (Wildman–Crippen MR) is 93.7 cm³/mol. The Morgan fingerprint density at radius 3 is 2.88 bits per heavy atom. The van der Waals surface area contributed by atoms with Gasteiger partial charge in [0.25, 0.3) is 11.2 Å². The van der Waals surface area contributed by atoms with Crippen molar-refractivity contribution in [3.8, 4) is 0 Å². The van der Waals surface area contributed by atoms with Crippen LogP contribution in [0.1, 0.15) is 16.3 Å². The van der Waals surface area contributed by atoms with E-state index in [4.69, 9.17) is 23.2 Å². The van der Waals surface area contributed by atoms with E-state index in [1.54, 1.807) is 13.0 Å². The summed E-state index contributed by atoms with van der Waals surface area (Å²) in [7, 11) is 0. The second kappa shape index (κ2) is 6.31. The van der Waals surface area contributed by atoms with Gasteiger partial charge < -0.3 is 0 Å². The van der Waals surface area contributed by atoms with Crippen LogP contribution in [0.4, 0.5) is 5.69 Å². The number of halogens is 2. The largest absolute Gasteiger partial charge is 0.288 e. The van der Waals surface area contributed by atoms with Gasteiger partial charge in [0.2, 0.25) is 4.96 Å². The Bertz CT molecular complexity index is 1060. The lowest BCUT2D eigenvalue weighted by Gasteiger charge is -1.98. The second-order valence-corrected chi connectivity index (χ2v) is 6.57. The Hall–Kier alpha value is -2.29. The number of hydrogen-bond donors (Lipinski definition) is 0. The van der Waals surface area contributed by atoms with Crippen LogP contribution < -0.4 is 5.56 Å². The van der Waals surface area contributed by atoms with Crippen molar-refractivity contribution in [1.82, 2.24) is 14.6 Å². The summed E-state index contributed by atoms with van der Waals surface area (Å²) in [5.74, 6) is 0. The molecule has 0 saturated heterocycles. The summed E-state index contributed by atoms with van der Waals surface area (Å²) in [6.07, 6.45) is 1.51. The molecule has 122 valence electrons. The van der Waals surface area contributed by atoms with Gasteiger partial charge in [0.15, 0.2) is 5.01 Å². The summed E-state index contributed by atoms with van der Waals surface area (Å²) < 4.78 is 1.16. The van der Waals surface area contributed by atoms with Gasteiger partial charge in [-0.3, -0.25) is 14.9 Å². The lowest BCUT2D eigenvalue weighted by Crippen LogP contribution is -2.14. The second-order valence-electron chi connectivity index (χ2n) is 4.80. The zero-order valence-corrected chi connectivity index (χ0v) is 14.4. The van der Waals surface area contributed by atoms with Crippen LogP contribution >= 0.6 is 34.5 Å². The van der Waals surface area contributed by atoms with E-state index in [2.05, 4.69) is 10.1 Å². The van der Waals surface area contributed by atoms with Crippen molar-refractivity contribution >= 4 is 56.3 Å². The van der Waals surface area contributed by atoms with Crippen LogP contribution in [0.15, 0.2) is 29.1 Å². The molecule has 7 nitrogen and oxygen atoms in total. The molecule has 0 amide bonds. The molecule has 0 aliphatic carbocycles. The highest BCUT2D eigenvalue weighted by atomic mass is 35.5. The van der Waals surface area contributed by atoms with Crippen molar-refractivity contribution in [2.75, 3.05) is 0 Å². The first-order chi connectivity index (χ1) is 11.3. The van der Waals surface area contributed by atoms with E-state index in [0.29, 0.717) is 21.2 Å². The maximum atomic E-state index is 11.9. The van der Waals surface area contributed by atoms with E-state index in [1.165, 1.54) is 24.3 Å². The lowest BCUT2D eigenvalue weighted by atomic mass is 10.2. The van der Waals surface area contributed by atoms with Crippen molar-refractivity contribution in [1.29, 1.82) is 0 Å². The molecule has 1 aromatic carbocycles. The van der Waals surface area contributed by atoms with Crippen molar-refractivity contribution < 1.29 is 4.92 Å². The molecule has 0 N–H and O–H groups in total. The van der Waals surface area contributed by atoms with Crippen molar-refractivity contribution in [2.45, 2.75) is 6.92 Å². The number of nitro groups is 1. The third-order valence-electron chi connectivity index (χ3n) is 3.04. The molecule has 2 heterocycles. The Kier molecular flexibility index (Phi) is 4.35. The number of nitro benzene ring substituents is 1. The van der Waals surface area contributed by atoms with Crippen LogP contribution in [-0.2, 0) is 0 Å². The average Bonchev–Trinajstić information content (AvgIpc) is 2.93. The highest BCUT2D eigenvalue weighted by Gasteiger charge is 2.14. The van der Waals surface area contributed by atoms with Gasteiger partial charge in [-0.05, 0) is 24.6 Å². The molecule has 3 aromatic rings. The van der Waals surface area contributed by atoms with Gasteiger partial charge in [-0.2, -0.15) is 9.61 Å². The number of aromatic nitrogens is 3. The summed E-state index contributed by atoms with van der Waals surface area (Å²) in [5.41, 5.74) is 0.565.